The topological polar surface area (TPSA) is 148 Å². The molecule has 4 rings (SSSR count). The lowest BCUT2D eigenvalue weighted by atomic mass is 10.1. The average Bonchev–Trinajstić information content (AvgIpc) is 3.23. The number of aliphatic hydroxyl groups is 2. The fraction of sp³-hybridized carbons (Fsp3) is 0.312. The first-order valence-electron chi connectivity index (χ1n) is 8.28. The summed E-state index contributed by atoms with van der Waals surface area (Å²) in [5.41, 5.74) is -0.163. The van der Waals surface area contributed by atoms with E-state index in [1.807, 2.05) is 6.07 Å². The number of pyridine rings is 1. The molecule has 0 unspecified atom stereocenters. The third kappa shape index (κ3) is 3.54. The van der Waals surface area contributed by atoms with E-state index in [0.717, 1.165) is 10.6 Å². The molecule has 0 aliphatic carbocycles. The maximum Gasteiger partial charge on any atom is 0.330 e. The molecule has 3 aromatic heterocycles. The molecule has 0 bridgehead atoms. The summed E-state index contributed by atoms with van der Waals surface area (Å²) in [6.45, 7) is 0.0911. The van der Waals surface area contributed by atoms with Crippen LogP contribution < -0.4 is 11.2 Å². The highest BCUT2D eigenvalue weighted by atomic mass is 79.9. The van der Waals surface area contributed by atoms with Crippen LogP contribution in [-0.2, 0) is 11.3 Å². The highest BCUT2D eigenvalue weighted by Gasteiger charge is 2.44. The lowest BCUT2D eigenvalue weighted by molar-refractivity contribution is -0.0450. The Kier molecular flexibility index (Phi) is 4.93. The maximum atomic E-state index is 11.9. The minimum atomic E-state index is -1.36. The molecule has 4 atom stereocenters. The molecule has 1 fully saturated rings. The van der Waals surface area contributed by atoms with Gasteiger partial charge in [-0.25, -0.2) is 14.5 Å². The number of nitrogens with zero attached hydrogens (tertiary/aromatic N) is 5. The quantitative estimate of drug-likeness (QED) is 0.440. The number of hydrogen-bond donors (Lipinski definition) is 3. The summed E-state index contributed by atoms with van der Waals surface area (Å²) in [5, 5.41) is 28.6. The molecule has 3 aromatic rings. The number of nitrogens with one attached hydrogen (secondary N) is 1. The molecule has 1 aliphatic heterocycles. The van der Waals surface area contributed by atoms with Crippen LogP contribution in [0.2, 0.25) is 0 Å². The van der Waals surface area contributed by atoms with Gasteiger partial charge >= 0.3 is 5.69 Å². The minimum absolute atomic E-state index is 0.0911. The van der Waals surface area contributed by atoms with Crippen LogP contribution in [0.15, 0.2) is 50.9 Å². The highest BCUT2D eigenvalue weighted by Crippen LogP contribution is 2.29. The third-order valence-corrected chi connectivity index (χ3v) is 4.79. The molecular formula is C16H15BrN6O5. The van der Waals surface area contributed by atoms with Crippen LogP contribution in [0.5, 0.6) is 0 Å². The molecule has 0 spiro atoms. The maximum absolute atomic E-state index is 11.9. The van der Waals surface area contributed by atoms with Gasteiger partial charge in [0.1, 0.15) is 28.6 Å². The summed E-state index contributed by atoms with van der Waals surface area (Å²) in [6.07, 6.45) is -1.76. The zero-order valence-electron chi connectivity index (χ0n) is 14.2. The second kappa shape index (κ2) is 7.39. The summed E-state index contributed by atoms with van der Waals surface area (Å²) in [7, 11) is 0. The predicted octanol–water partition coefficient (Wildman–Crippen LogP) is -0.728. The van der Waals surface area contributed by atoms with Crippen molar-refractivity contribution < 1.29 is 14.9 Å². The van der Waals surface area contributed by atoms with Gasteiger partial charge in [-0.15, -0.1) is 5.10 Å². The number of rotatable bonds is 4. The number of aromatic nitrogens is 6. The molecule has 0 amide bonds. The van der Waals surface area contributed by atoms with Gasteiger partial charge in [0.15, 0.2) is 6.23 Å². The zero-order valence-corrected chi connectivity index (χ0v) is 15.8. The van der Waals surface area contributed by atoms with E-state index >= 15 is 0 Å². The van der Waals surface area contributed by atoms with E-state index in [4.69, 9.17) is 4.74 Å². The van der Waals surface area contributed by atoms with E-state index in [1.165, 1.54) is 10.9 Å². The lowest BCUT2D eigenvalue weighted by Crippen LogP contribution is -2.37. The zero-order chi connectivity index (χ0) is 19.8. The number of aliphatic hydroxyl groups excluding tert-OH is 2. The van der Waals surface area contributed by atoms with Gasteiger partial charge in [0.2, 0.25) is 0 Å². The normalized spacial score (nSPS) is 24.5. The van der Waals surface area contributed by atoms with Crippen LogP contribution in [0.3, 0.4) is 0 Å². The lowest BCUT2D eigenvalue weighted by Gasteiger charge is -2.16. The van der Waals surface area contributed by atoms with Gasteiger partial charge in [0, 0.05) is 12.3 Å². The molecule has 11 nitrogen and oxygen atoms in total. The van der Waals surface area contributed by atoms with Gasteiger partial charge in [-0.3, -0.25) is 14.3 Å². The summed E-state index contributed by atoms with van der Waals surface area (Å²) in [4.78, 5) is 29.5. The molecule has 146 valence electrons. The Morgan fingerprint density at radius 2 is 2.00 bits per heavy atom. The summed E-state index contributed by atoms with van der Waals surface area (Å²) in [6, 6.07) is 6.52. The van der Waals surface area contributed by atoms with Crippen LogP contribution in [0.1, 0.15) is 6.23 Å². The fourth-order valence-corrected chi connectivity index (χ4v) is 3.32. The molecule has 28 heavy (non-hydrogen) atoms. The van der Waals surface area contributed by atoms with Gasteiger partial charge in [-0.05, 0) is 28.1 Å². The van der Waals surface area contributed by atoms with Crippen molar-refractivity contribution in [1.82, 2.24) is 29.5 Å². The first kappa shape index (κ1) is 18.7. The van der Waals surface area contributed by atoms with Crippen molar-refractivity contribution in [2.45, 2.75) is 31.1 Å². The van der Waals surface area contributed by atoms with E-state index in [2.05, 4.69) is 36.2 Å². The van der Waals surface area contributed by atoms with Crippen molar-refractivity contribution in [3.63, 3.8) is 0 Å². The SMILES string of the molecule is O=c1ccn([C@@H]2O[C@H](Cn3cc(-c4cccc(Br)n4)nn3)[C@@H](O)[C@H]2O)c(=O)[nH]1. The van der Waals surface area contributed by atoms with Crippen molar-refractivity contribution in [2.75, 3.05) is 0 Å². The smallest absolute Gasteiger partial charge is 0.330 e. The average molecular weight is 451 g/mol. The molecule has 12 heteroatoms. The van der Waals surface area contributed by atoms with Crippen molar-refractivity contribution >= 4 is 15.9 Å². The van der Waals surface area contributed by atoms with E-state index in [1.54, 1.807) is 18.3 Å². The van der Waals surface area contributed by atoms with Crippen LogP contribution in [-0.4, -0.2) is 58.1 Å². The Morgan fingerprint density at radius 1 is 1.18 bits per heavy atom. The van der Waals surface area contributed by atoms with Gasteiger partial charge in [0.25, 0.3) is 5.56 Å². The standard InChI is InChI=1S/C16H15BrN6O5/c17-11-3-1-2-8(18-11)9-6-22(21-20-9)7-10-13(25)14(26)15(28-10)23-5-4-12(24)19-16(23)27/h1-6,10,13-15,25-26H,7H2,(H,19,24,27)/t10-,13-,14-,15-/m1/s1. The Labute approximate surface area is 165 Å². The monoisotopic (exact) mass is 450 g/mol. The van der Waals surface area contributed by atoms with Gasteiger partial charge < -0.3 is 14.9 Å². The van der Waals surface area contributed by atoms with Crippen molar-refractivity contribution in [3.8, 4) is 11.4 Å². The molecule has 1 aliphatic rings. The number of halogens is 1. The van der Waals surface area contributed by atoms with Crippen LogP contribution >= 0.6 is 15.9 Å². The van der Waals surface area contributed by atoms with Crippen molar-refractivity contribution in [1.29, 1.82) is 0 Å². The second-order valence-corrected chi connectivity index (χ2v) is 7.05. The Balaban J connectivity index is 1.53. The summed E-state index contributed by atoms with van der Waals surface area (Å²) >= 11 is 3.29. The molecular weight excluding hydrogens is 436 g/mol. The van der Waals surface area contributed by atoms with Crippen LogP contribution in [0.25, 0.3) is 11.4 Å². The van der Waals surface area contributed by atoms with Gasteiger partial charge in [-0.2, -0.15) is 0 Å². The summed E-state index contributed by atoms with van der Waals surface area (Å²) < 4.78 is 8.79. The molecule has 3 N–H and O–H groups in total. The first-order chi connectivity index (χ1) is 13.4. The van der Waals surface area contributed by atoms with E-state index < -0.39 is 35.8 Å². The van der Waals surface area contributed by atoms with Crippen molar-refractivity contribution in [3.05, 3.63) is 62.1 Å². The molecule has 4 heterocycles. The number of H-pyrrole nitrogens is 1. The second-order valence-electron chi connectivity index (χ2n) is 6.24. The first-order valence-corrected chi connectivity index (χ1v) is 9.08. The van der Waals surface area contributed by atoms with E-state index in [-0.39, 0.29) is 6.54 Å². The predicted molar refractivity (Wildman–Crippen MR) is 98.2 cm³/mol. The molecule has 1 saturated heterocycles. The number of hydrogen-bond acceptors (Lipinski definition) is 8. The van der Waals surface area contributed by atoms with Crippen molar-refractivity contribution in [2.24, 2.45) is 0 Å². The van der Waals surface area contributed by atoms with Gasteiger partial charge in [0.05, 0.1) is 18.4 Å². The third-order valence-electron chi connectivity index (χ3n) is 4.35. The largest absolute Gasteiger partial charge is 0.387 e. The number of ether oxygens (including phenoxy) is 1. The van der Waals surface area contributed by atoms with Crippen LogP contribution in [0, 0.1) is 0 Å². The van der Waals surface area contributed by atoms with Gasteiger partial charge in [-0.1, -0.05) is 11.3 Å². The Morgan fingerprint density at radius 3 is 2.75 bits per heavy atom. The minimum Gasteiger partial charge on any atom is -0.387 e. The van der Waals surface area contributed by atoms with Crippen LogP contribution in [0.4, 0.5) is 0 Å². The Bertz CT molecular complexity index is 1110. The Hall–Kier alpha value is -2.67. The molecule has 0 radical (unpaired) electrons. The number of aromatic amines is 1. The van der Waals surface area contributed by atoms with E-state index in [0.29, 0.717) is 16.0 Å². The van der Waals surface area contributed by atoms with E-state index in [9.17, 15) is 19.8 Å². The highest BCUT2D eigenvalue weighted by molar-refractivity contribution is 9.10. The summed E-state index contributed by atoms with van der Waals surface area (Å²) in [5.74, 6) is 0. The molecule has 0 aromatic carbocycles. The molecule has 0 saturated carbocycles. The fourth-order valence-electron chi connectivity index (χ4n) is 2.98.